The molecule has 2 nitrogen and oxygen atoms in total. The van der Waals surface area contributed by atoms with Gasteiger partial charge in [-0.25, -0.2) is 0 Å². The first kappa shape index (κ1) is 14.7. The maximum absolute atomic E-state index is 12.0. The molecule has 2 aromatic carbocycles. The summed E-state index contributed by atoms with van der Waals surface area (Å²) in [5, 5.41) is 0. The molecule has 104 valence electrons. The van der Waals surface area contributed by atoms with Gasteiger partial charge in [0, 0.05) is 22.6 Å². The lowest BCUT2D eigenvalue weighted by molar-refractivity contribution is 0.0989. The molecule has 0 N–H and O–H groups in total. The van der Waals surface area contributed by atoms with Crippen molar-refractivity contribution in [3.8, 4) is 5.75 Å². The lowest BCUT2D eigenvalue weighted by Gasteiger charge is -2.04. The van der Waals surface area contributed by atoms with E-state index in [0.29, 0.717) is 6.42 Å². The quantitative estimate of drug-likeness (QED) is 0.582. The summed E-state index contributed by atoms with van der Waals surface area (Å²) >= 11 is 1.71. The molecule has 0 saturated heterocycles. The van der Waals surface area contributed by atoms with Crippen molar-refractivity contribution in [3.63, 3.8) is 0 Å². The Labute approximate surface area is 124 Å². The van der Waals surface area contributed by atoms with Gasteiger partial charge in [-0.15, -0.1) is 11.8 Å². The molecule has 0 bridgehead atoms. The molecule has 0 atom stereocenters. The molecule has 0 fully saturated rings. The lowest BCUT2D eigenvalue weighted by atomic mass is 10.1. The summed E-state index contributed by atoms with van der Waals surface area (Å²) in [6, 6.07) is 15.6. The number of carbonyl (C=O) groups is 1. The minimum Gasteiger partial charge on any atom is -0.497 e. The van der Waals surface area contributed by atoms with Crippen LogP contribution in [0.2, 0.25) is 0 Å². The summed E-state index contributed by atoms with van der Waals surface area (Å²) in [5.74, 6) is 1.75. The number of thioether (sulfide) groups is 1. The Morgan fingerprint density at radius 2 is 1.70 bits per heavy atom. The third kappa shape index (κ3) is 4.14. The van der Waals surface area contributed by atoms with Gasteiger partial charge in [0.25, 0.3) is 0 Å². The highest BCUT2D eigenvalue weighted by Gasteiger charge is 2.06. The predicted octanol–water partition coefficient (Wildman–Crippen LogP) is 4.37. The van der Waals surface area contributed by atoms with E-state index in [2.05, 4.69) is 31.2 Å². The number of benzene rings is 2. The Morgan fingerprint density at radius 3 is 2.30 bits per heavy atom. The monoisotopic (exact) mass is 286 g/mol. The van der Waals surface area contributed by atoms with Gasteiger partial charge in [0.2, 0.25) is 0 Å². The van der Waals surface area contributed by atoms with Crippen LogP contribution >= 0.6 is 11.8 Å². The van der Waals surface area contributed by atoms with Crippen molar-refractivity contribution >= 4 is 17.5 Å². The van der Waals surface area contributed by atoms with Crippen molar-refractivity contribution in [1.82, 2.24) is 0 Å². The van der Waals surface area contributed by atoms with Crippen molar-refractivity contribution < 1.29 is 9.53 Å². The number of ether oxygens (including phenoxy) is 1. The highest BCUT2D eigenvalue weighted by molar-refractivity contribution is 7.99. The zero-order chi connectivity index (χ0) is 14.4. The van der Waals surface area contributed by atoms with Gasteiger partial charge in [-0.05, 0) is 43.3 Å². The van der Waals surface area contributed by atoms with Crippen LogP contribution in [-0.4, -0.2) is 18.6 Å². The van der Waals surface area contributed by atoms with Gasteiger partial charge < -0.3 is 4.74 Å². The van der Waals surface area contributed by atoms with Gasteiger partial charge in [-0.3, -0.25) is 4.79 Å². The molecule has 0 amide bonds. The maximum Gasteiger partial charge on any atom is 0.163 e. The fourth-order valence-electron chi connectivity index (χ4n) is 1.82. The van der Waals surface area contributed by atoms with Crippen molar-refractivity contribution in [3.05, 3.63) is 59.7 Å². The smallest absolute Gasteiger partial charge is 0.163 e. The van der Waals surface area contributed by atoms with Crippen molar-refractivity contribution in [2.24, 2.45) is 0 Å². The fourth-order valence-corrected chi connectivity index (χ4v) is 2.67. The number of ketones is 1. The Morgan fingerprint density at radius 1 is 1.05 bits per heavy atom. The number of hydrogen-bond donors (Lipinski definition) is 0. The van der Waals surface area contributed by atoms with E-state index in [0.717, 1.165) is 17.1 Å². The number of carbonyl (C=O) groups excluding carboxylic acids is 1. The van der Waals surface area contributed by atoms with Gasteiger partial charge >= 0.3 is 0 Å². The predicted molar refractivity (Wildman–Crippen MR) is 83.8 cm³/mol. The van der Waals surface area contributed by atoms with Gasteiger partial charge in [-0.1, -0.05) is 17.7 Å². The Balaban J connectivity index is 1.83. The van der Waals surface area contributed by atoms with E-state index in [4.69, 9.17) is 4.74 Å². The molecule has 0 aliphatic heterocycles. The Hall–Kier alpha value is -1.74. The summed E-state index contributed by atoms with van der Waals surface area (Å²) in [6.07, 6.45) is 0.546. The molecule has 0 aliphatic carbocycles. The average Bonchev–Trinajstić information content (AvgIpc) is 2.49. The molecule has 3 heteroatoms. The first-order valence-corrected chi connectivity index (χ1v) is 7.54. The van der Waals surface area contributed by atoms with Crippen LogP contribution in [0.15, 0.2) is 53.4 Å². The normalized spacial score (nSPS) is 10.3. The molecule has 20 heavy (non-hydrogen) atoms. The largest absolute Gasteiger partial charge is 0.497 e. The number of rotatable bonds is 6. The third-order valence-electron chi connectivity index (χ3n) is 3.03. The fraction of sp³-hybridized carbons (Fsp3) is 0.235. The third-order valence-corrected chi connectivity index (χ3v) is 4.04. The summed E-state index contributed by atoms with van der Waals surface area (Å²) in [7, 11) is 1.62. The molecule has 0 spiro atoms. The highest BCUT2D eigenvalue weighted by atomic mass is 32.2. The second kappa shape index (κ2) is 7.15. The Bertz CT molecular complexity index is 559. The highest BCUT2D eigenvalue weighted by Crippen LogP contribution is 2.20. The van der Waals surface area contributed by atoms with E-state index < -0.39 is 0 Å². The van der Waals surface area contributed by atoms with Crippen LogP contribution in [0.1, 0.15) is 22.3 Å². The molecular formula is C17H18O2S. The summed E-state index contributed by atoms with van der Waals surface area (Å²) < 4.78 is 5.08. The number of hydrogen-bond acceptors (Lipinski definition) is 3. The van der Waals surface area contributed by atoms with Gasteiger partial charge in [-0.2, -0.15) is 0 Å². The van der Waals surface area contributed by atoms with Crippen molar-refractivity contribution in [2.45, 2.75) is 18.2 Å². The molecule has 0 unspecified atom stereocenters. The first-order chi connectivity index (χ1) is 9.69. The summed E-state index contributed by atoms with van der Waals surface area (Å²) in [5.41, 5.74) is 2.00. The van der Waals surface area contributed by atoms with E-state index in [-0.39, 0.29) is 5.78 Å². The molecular weight excluding hydrogens is 268 g/mol. The van der Waals surface area contributed by atoms with E-state index in [1.54, 1.807) is 18.9 Å². The maximum atomic E-state index is 12.0. The molecule has 0 radical (unpaired) electrons. The minimum absolute atomic E-state index is 0.173. The van der Waals surface area contributed by atoms with Crippen LogP contribution in [0.5, 0.6) is 5.75 Å². The van der Waals surface area contributed by atoms with Crippen LogP contribution in [0.25, 0.3) is 0 Å². The van der Waals surface area contributed by atoms with Crippen molar-refractivity contribution in [1.29, 1.82) is 0 Å². The van der Waals surface area contributed by atoms with Gasteiger partial charge in [0.15, 0.2) is 5.78 Å². The molecule has 0 aromatic heterocycles. The van der Waals surface area contributed by atoms with Crippen LogP contribution in [0.4, 0.5) is 0 Å². The van der Waals surface area contributed by atoms with Gasteiger partial charge in [0.05, 0.1) is 7.11 Å². The van der Waals surface area contributed by atoms with Crippen LogP contribution in [0.3, 0.4) is 0 Å². The van der Waals surface area contributed by atoms with E-state index in [9.17, 15) is 4.79 Å². The first-order valence-electron chi connectivity index (χ1n) is 6.56. The van der Waals surface area contributed by atoms with Crippen molar-refractivity contribution in [2.75, 3.05) is 12.9 Å². The zero-order valence-corrected chi connectivity index (χ0v) is 12.6. The van der Waals surface area contributed by atoms with E-state index >= 15 is 0 Å². The average molecular weight is 286 g/mol. The number of Topliss-reactive ketones (excluding diaryl/α,β-unsaturated/α-hetero) is 1. The molecule has 2 rings (SSSR count). The minimum atomic E-state index is 0.173. The second-order valence-electron chi connectivity index (χ2n) is 4.56. The Kier molecular flexibility index (Phi) is 5.24. The molecule has 0 heterocycles. The lowest BCUT2D eigenvalue weighted by Crippen LogP contribution is -2.00. The summed E-state index contributed by atoms with van der Waals surface area (Å²) in [6.45, 7) is 2.07. The zero-order valence-electron chi connectivity index (χ0n) is 11.8. The molecule has 0 saturated carbocycles. The molecule has 0 aliphatic rings. The second-order valence-corrected chi connectivity index (χ2v) is 5.73. The van der Waals surface area contributed by atoms with E-state index in [1.165, 1.54) is 10.5 Å². The summed E-state index contributed by atoms with van der Waals surface area (Å²) in [4.78, 5) is 13.2. The van der Waals surface area contributed by atoms with Crippen LogP contribution in [0, 0.1) is 6.92 Å². The van der Waals surface area contributed by atoms with Gasteiger partial charge in [0.1, 0.15) is 5.75 Å². The van der Waals surface area contributed by atoms with Crippen LogP contribution in [-0.2, 0) is 0 Å². The topological polar surface area (TPSA) is 26.3 Å². The van der Waals surface area contributed by atoms with E-state index in [1.807, 2.05) is 24.3 Å². The standard InChI is InChI=1S/C17H18O2S/c1-13-3-9-16(10-4-13)20-12-11-17(18)14-5-7-15(19-2)8-6-14/h3-10H,11-12H2,1-2H3. The molecule has 2 aromatic rings. The number of aryl methyl sites for hydroxylation is 1. The number of methoxy groups -OCH3 is 1. The SMILES string of the molecule is COc1ccc(C(=O)CCSc2ccc(C)cc2)cc1. The van der Waals surface area contributed by atoms with Crippen LogP contribution < -0.4 is 4.74 Å².